The van der Waals surface area contributed by atoms with Crippen molar-refractivity contribution in [3.63, 3.8) is 0 Å². The van der Waals surface area contributed by atoms with Gasteiger partial charge >= 0.3 is 0 Å². The second-order valence-electron chi connectivity index (χ2n) is 3.53. The van der Waals surface area contributed by atoms with E-state index in [2.05, 4.69) is 6.07 Å². The molecule has 1 aromatic carbocycles. The number of rotatable bonds is 1. The maximum Gasteiger partial charge on any atom is 0.189 e. The summed E-state index contributed by atoms with van der Waals surface area (Å²) in [7, 11) is 0. The molecular weight excluding hydrogens is 224 g/mol. The average Bonchev–Trinajstić information content (AvgIpc) is 2.24. The molecule has 1 heterocycles. The van der Waals surface area contributed by atoms with Crippen LogP contribution >= 0.6 is 11.6 Å². The number of nitrogens with zero attached hydrogens (tertiary/aromatic N) is 2. The number of benzene rings is 1. The molecule has 0 fully saturated rings. The second-order valence-corrected chi connectivity index (χ2v) is 3.94. The van der Waals surface area contributed by atoms with Gasteiger partial charge in [-0.15, -0.1) is 0 Å². The van der Waals surface area contributed by atoms with E-state index in [1.807, 2.05) is 0 Å². The Kier molecular flexibility index (Phi) is 2.67. The summed E-state index contributed by atoms with van der Waals surface area (Å²) in [5.74, 6) is 0. The third kappa shape index (κ3) is 1.58. The fraction of sp³-hybridized carbons (Fsp3) is 0.167. The van der Waals surface area contributed by atoms with Gasteiger partial charge in [0.2, 0.25) is 0 Å². The van der Waals surface area contributed by atoms with Crippen LogP contribution in [0.1, 0.15) is 5.69 Å². The number of aromatic nitrogens is 1. The van der Waals surface area contributed by atoms with Gasteiger partial charge in [-0.2, -0.15) is 5.26 Å². The standard InChI is InChI=1S/C12H9ClN2O/c1-8-7-11(16)9-3-2-4-10(13)12(9)15(8)6-5-14/h2-4,7H,6H2,1H3. The minimum absolute atomic E-state index is 0.0656. The van der Waals surface area contributed by atoms with Gasteiger partial charge in [-0.25, -0.2) is 0 Å². The van der Waals surface area contributed by atoms with Crippen molar-refractivity contribution in [2.24, 2.45) is 0 Å². The number of hydrogen-bond donors (Lipinski definition) is 0. The Balaban J connectivity index is 2.99. The van der Waals surface area contributed by atoms with Crippen molar-refractivity contribution < 1.29 is 0 Å². The number of fused-ring (bicyclic) bond motifs is 1. The predicted octanol–water partition coefficient (Wildman–Crippen LogP) is 2.49. The molecule has 16 heavy (non-hydrogen) atoms. The smallest absolute Gasteiger partial charge is 0.189 e. The lowest BCUT2D eigenvalue weighted by Gasteiger charge is -2.11. The zero-order chi connectivity index (χ0) is 11.7. The Morgan fingerprint density at radius 1 is 1.50 bits per heavy atom. The fourth-order valence-corrected chi connectivity index (χ4v) is 2.06. The molecule has 2 aromatic rings. The van der Waals surface area contributed by atoms with Crippen molar-refractivity contribution in [1.82, 2.24) is 4.57 Å². The predicted molar refractivity (Wildman–Crippen MR) is 63.6 cm³/mol. The highest BCUT2D eigenvalue weighted by atomic mass is 35.5. The molecule has 0 N–H and O–H groups in total. The molecule has 0 aliphatic rings. The molecule has 0 bridgehead atoms. The topological polar surface area (TPSA) is 45.8 Å². The van der Waals surface area contributed by atoms with E-state index in [4.69, 9.17) is 16.9 Å². The fourth-order valence-electron chi connectivity index (χ4n) is 1.78. The first-order valence-corrected chi connectivity index (χ1v) is 5.18. The van der Waals surface area contributed by atoms with E-state index >= 15 is 0 Å². The normalized spacial score (nSPS) is 10.3. The molecule has 0 atom stereocenters. The van der Waals surface area contributed by atoms with Crippen LogP contribution in [0, 0.1) is 18.3 Å². The third-order valence-corrected chi connectivity index (χ3v) is 2.82. The summed E-state index contributed by atoms with van der Waals surface area (Å²) in [4.78, 5) is 11.8. The van der Waals surface area contributed by atoms with Crippen molar-refractivity contribution in [3.8, 4) is 6.07 Å². The van der Waals surface area contributed by atoms with Crippen LogP contribution in [0.3, 0.4) is 0 Å². The number of pyridine rings is 1. The summed E-state index contributed by atoms with van der Waals surface area (Å²) < 4.78 is 1.75. The summed E-state index contributed by atoms with van der Waals surface area (Å²) in [6.45, 7) is 1.98. The molecule has 2 rings (SSSR count). The number of hydrogen-bond acceptors (Lipinski definition) is 2. The molecule has 3 nitrogen and oxygen atoms in total. The van der Waals surface area contributed by atoms with Crippen molar-refractivity contribution >= 4 is 22.5 Å². The van der Waals surface area contributed by atoms with Crippen LogP contribution in [0.5, 0.6) is 0 Å². The largest absolute Gasteiger partial charge is 0.330 e. The van der Waals surface area contributed by atoms with E-state index in [0.717, 1.165) is 5.69 Å². The van der Waals surface area contributed by atoms with Crippen LogP contribution in [-0.2, 0) is 6.54 Å². The maximum atomic E-state index is 11.8. The lowest BCUT2D eigenvalue weighted by molar-refractivity contribution is 0.823. The monoisotopic (exact) mass is 232 g/mol. The summed E-state index contributed by atoms with van der Waals surface area (Å²) >= 11 is 6.07. The molecule has 1 aromatic heterocycles. The Morgan fingerprint density at radius 3 is 2.94 bits per heavy atom. The van der Waals surface area contributed by atoms with Gasteiger partial charge < -0.3 is 4.57 Å². The molecule has 80 valence electrons. The number of para-hydroxylation sites is 1. The number of nitriles is 1. The maximum absolute atomic E-state index is 11.8. The third-order valence-electron chi connectivity index (χ3n) is 2.52. The van der Waals surface area contributed by atoms with Gasteiger partial charge in [0.05, 0.1) is 16.6 Å². The molecule has 0 radical (unpaired) electrons. The van der Waals surface area contributed by atoms with Gasteiger partial charge in [0.1, 0.15) is 6.54 Å². The summed E-state index contributed by atoms with van der Waals surface area (Å²) in [6, 6.07) is 8.76. The van der Waals surface area contributed by atoms with E-state index in [1.54, 1.807) is 29.7 Å². The summed E-state index contributed by atoms with van der Waals surface area (Å²) in [5, 5.41) is 9.82. The van der Waals surface area contributed by atoms with E-state index in [-0.39, 0.29) is 12.0 Å². The quantitative estimate of drug-likeness (QED) is 0.758. The van der Waals surface area contributed by atoms with Gasteiger partial charge in [-0.1, -0.05) is 17.7 Å². The van der Waals surface area contributed by atoms with Crippen molar-refractivity contribution in [2.75, 3.05) is 0 Å². The molecule has 0 unspecified atom stereocenters. The lowest BCUT2D eigenvalue weighted by Crippen LogP contribution is -2.11. The van der Waals surface area contributed by atoms with E-state index in [0.29, 0.717) is 15.9 Å². The Bertz CT molecular complexity index is 652. The van der Waals surface area contributed by atoms with Crippen molar-refractivity contribution in [3.05, 3.63) is 45.2 Å². The molecule has 0 spiro atoms. The molecule has 4 heteroatoms. The first kappa shape index (κ1) is 10.7. The van der Waals surface area contributed by atoms with Crippen LogP contribution in [0.4, 0.5) is 0 Å². The summed E-state index contributed by atoms with van der Waals surface area (Å²) in [6.07, 6.45) is 0. The molecule has 0 saturated heterocycles. The van der Waals surface area contributed by atoms with Gasteiger partial charge in [-0.3, -0.25) is 4.79 Å². The Labute approximate surface area is 97.5 Å². The van der Waals surface area contributed by atoms with Gasteiger partial charge in [-0.05, 0) is 19.1 Å². The minimum Gasteiger partial charge on any atom is -0.330 e. The van der Waals surface area contributed by atoms with Crippen LogP contribution in [0.2, 0.25) is 5.02 Å². The van der Waals surface area contributed by atoms with Gasteiger partial charge in [0.25, 0.3) is 0 Å². The zero-order valence-corrected chi connectivity index (χ0v) is 9.45. The van der Waals surface area contributed by atoms with Crippen LogP contribution < -0.4 is 5.43 Å². The van der Waals surface area contributed by atoms with Gasteiger partial charge in [0.15, 0.2) is 5.43 Å². The molecule has 0 aliphatic carbocycles. The number of halogens is 1. The highest BCUT2D eigenvalue weighted by molar-refractivity contribution is 6.35. The van der Waals surface area contributed by atoms with Gasteiger partial charge in [0, 0.05) is 17.1 Å². The van der Waals surface area contributed by atoms with E-state index in [1.165, 1.54) is 6.07 Å². The first-order chi connectivity index (χ1) is 7.65. The molecular formula is C12H9ClN2O. The Morgan fingerprint density at radius 2 is 2.25 bits per heavy atom. The van der Waals surface area contributed by atoms with Crippen LogP contribution in [0.15, 0.2) is 29.1 Å². The molecule has 0 aliphatic heterocycles. The second kappa shape index (κ2) is 3.99. The first-order valence-electron chi connectivity index (χ1n) is 4.81. The lowest BCUT2D eigenvalue weighted by atomic mass is 10.2. The average molecular weight is 233 g/mol. The zero-order valence-electron chi connectivity index (χ0n) is 8.70. The number of aryl methyl sites for hydroxylation is 1. The van der Waals surface area contributed by atoms with Crippen molar-refractivity contribution in [1.29, 1.82) is 5.26 Å². The van der Waals surface area contributed by atoms with Crippen LogP contribution in [0.25, 0.3) is 10.9 Å². The highest BCUT2D eigenvalue weighted by Gasteiger charge is 2.08. The SMILES string of the molecule is Cc1cc(=O)c2cccc(Cl)c2n1CC#N. The van der Waals surface area contributed by atoms with Crippen molar-refractivity contribution in [2.45, 2.75) is 13.5 Å². The highest BCUT2D eigenvalue weighted by Crippen LogP contribution is 2.22. The minimum atomic E-state index is -0.0656. The van der Waals surface area contributed by atoms with Crippen LogP contribution in [-0.4, -0.2) is 4.57 Å². The Hall–Kier alpha value is -1.79. The van der Waals surface area contributed by atoms with E-state index in [9.17, 15) is 4.79 Å². The molecule has 0 saturated carbocycles. The van der Waals surface area contributed by atoms with E-state index < -0.39 is 0 Å². The molecule has 0 amide bonds. The summed E-state index contributed by atoms with van der Waals surface area (Å²) in [5.41, 5.74) is 1.31.